The van der Waals surface area contributed by atoms with Crippen LogP contribution >= 0.6 is 0 Å². The van der Waals surface area contributed by atoms with E-state index in [0.29, 0.717) is 35.5 Å². The SMILES string of the molecule is CCS(=O)(=O)n1cc(CN(C)C)c2ccc(C3=NN4CC(C)C=C4C(Nc4cc(C)[nH]n4)=N3)cc21. The normalized spacial score (nSPS) is 18.1. The van der Waals surface area contributed by atoms with E-state index in [1.807, 2.05) is 55.2 Å². The number of nitrogens with zero attached hydrogens (tertiary/aromatic N) is 6. The van der Waals surface area contributed by atoms with Gasteiger partial charge < -0.3 is 10.2 Å². The Balaban J connectivity index is 1.61. The first kappa shape index (κ1) is 23.3. The first-order valence-corrected chi connectivity index (χ1v) is 13.2. The van der Waals surface area contributed by atoms with E-state index in [0.717, 1.165) is 34.4 Å². The van der Waals surface area contributed by atoms with Crippen molar-refractivity contribution >= 4 is 38.4 Å². The van der Waals surface area contributed by atoms with Crippen molar-refractivity contribution in [3.63, 3.8) is 0 Å². The fourth-order valence-electron chi connectivity index (χ4n) is 4.43. The van der Waals surface area contributed by atoms with Gasteiger partial charge in [-0.1, -0.05) is 25.1 Å². The first-order chi connectivity index (χ1) is 16.6. The topological polar surface area (TPSA) is 111 Å². The molecular formula is C24H30N8O2S. The molecule has 0 fully saturated rings. The molecule has 2 aliphatic rings. The lowest BCUT2D eigenvalue weighted by atomic mass is 10.1. The van der Waals surface area contributed by atoms with Gasteiger partial charge in [-0.3, -0.25) is 10.1 Å². The summed E-state index contributed by atoms with van der Waals surface area (Å²) in [5, 5.41) is 18.2. The number of hydrogen-bond acceptors (Lipinski definition) is 8. The van der Waals surface area contributed by atoms with E-state index in [9.17, 15) is 8.42 Å². The molecule has 0 aliphatic carbocycles. The molecule has 0 amide bonds. The Bertz CT molecular complexity index is 1490. The van der Waals surface area contributed by atoms with Gasteiger partial charge in [-0.25, -0.2) is 17.4 Å². The quantitative estimate of drug-likeness (QED) is 0.545. The van der Waals surface area contributed by atoms with Crippen molar-refractivity contribution < 1.29 is 8.42 Å². The van der Waals surface area contributed by atoms with Crippen LogP contribution in [0.25, 0.3) is 10.9 Å². The van der Waals surface area contributed by atoms with Gasteiger partial charge >= 0.3 is 0 Å². The number of hydrogen-bond donors (Lipinski definition) is 2. The summed E-state index contributed by atoms with van der Waals surface area (Å²) in [5.41, 5.74) is 4.19. The third-order valence-corrected chi connectivity index (χ3v) is 7.70. The van der Waals surface area contributed by atoms with Crippen LogP contribution in [0.15, 0.2) is 52.3 Å². The summed E-state index contributed by atoms with van der Waals surface area (Å²) in [5.74, 6) is 2.19. The molecule has 1 unspecified atom stereocenters. The van der Waals surface area contributed by atoms with Crippen molar-refractivity contribution in [2.24, 2.45) is 16.0 Å². The number of aromatic amines is 1. The highest BCUT2D eigenvalue weighted by molar-refractivity contribution is 7.90. The van der Waals surface area contributed by atoms with Crippen LogP contribution in [0.2, 0.25) is 0 Å². The summed E-state index contributed by atoms with van der Waals surface area (Å²) >= 11 is 0. The number of nitrogens with one attached hydrogen (secondary N) is 2. The molecule has 0 saturated carbocycles. The molecule has 1 aromatic carbocycles. The number of aryl methyl sites for hydroxylation is 1. The van der Waals surface area contributed by atoms with E-state index in [-0.39, 0.29) is 5.75 Å². The molecule has 0 saturated heterocycles. The van der Waals surface area contributed by atoms with Crippen LogP contribution in [-0.4, -0.2) is 70.6 Å². The summed E-state index contributed by atoms with van der Waals surface area (Å²) in [6, 6.07) is 7.70. The standard InChI is InChI=1S/C24H30N8O2S/c1-6-35(33,34)32-14-18(13-30(4)5)19-8-7-17(11-20(19)32)23-26-24(25-22-10-16(3)27-28-22)21-9-15(2)12-31(21)29-23/h7-11,14-15H,6,12-13H2,1-5H3,(H2,25,26,27,28,29). The maximum atomic E-state index is 12.9. The van der Waals surface area contributed by atoms with Gasteiger partial charge in [-0.2, -0.15) is 10.2 Å². The fraction of sp³-hybridized carbons (Fsp3) is 0.375. The third-order valence-electron chi connectivity index (χ3n) is 6.07. The van der Waals surface area contributed by atoms with Crippen LogP contribution in [0.1, 0.15) is 30.7 Å². The predicted molar refractivity (Wildman–Crippen MR) is 139 cm³/mol. The molecule has 35 heavy (non-hydrogen) atoms. The minimum Gasteiger partial charge on any atom is -0.322 e. The third kappa shape index (κ3) is 4.37. The lowest BCUT2D eigenvalue weighted by Crippen LogP contribution is -2.31. The van der Waals surface area contributed by atoms with Gasteiger partial charge in [0.1, 0.15) is 0 Å². The molecule has 10 nitrogen and oxygen atoms in total. The zero-order valence-corrected chi connectivity index (χ0v) is 21.4. The van der Waals surface area contributed by atoms with Crippen LogP contribution in [0.4, 0.5) is 5.82 Å². The second-order valence-electron chi connectivity index (χ2n) is 9.38. The first-order valence-electron chi connectivity index (χ1n) is 11.6. The molecule has 5 rings (SSSR count). The van der Waals surface area contributed by atoms with Gasteiger partial charge in [0.15, 0.2) is 17.5 Å². The molecule has 0 radical (unpaired) electrons. The Hall–Kier alpha value is -3.44. The average molecular weight is 495 g/mol. The van der Waals surface area contributed by atoms with E-state index >= 15 is 0 Å². The van der Waals surface area contributed by atoms with Gasteiger partial charge in [-0.15, -0.1) is 0 Å². The Morgan fingerprint density at radius 1 is 1.26 bits per heavy atom. The predicted octanol–water partition coefficient (Wildman–Crippen LogP) is 2.95. The number of anilines is 1. The molecule has 2 aliphatic heterocycles. The van der Waals surface area contributed by atoms with Crippen molar-refractivity contribution in [3.05, 3.63) is 59.1 Å². The molecule has 0 spiro atoms. The summed E-state index contributed by atoms with van der Waals surface area (Å²) in [7, 11) is 0.455. The van der Waals surface area contributed by atoms with Gasteiger partial charge in [-0.05, 0) is 45.5 Å². The number of benzene rings is 1. The number of amidine groups is 2. The highest BCUT2D eigenvalue weighted by atomic mass is 32.2. The second-order valence-corrected chi connectivity index (χ2v) is 11.5. The van der Waals surface area contributed by atoms with Crippen molar-refractivity contribution in [1.29, 1.82) is 0 Å². The molecular weight excluding hydrogens is 464 g/mol. The Labute approximate surface area is 205 Å². The second kappa shape index (κ2) is 8.65. The Morgan fingerprint density at radius 3 is 2.74 bits per heavy atom. The summed E-state index contributed by atoms with van der Waals surface area (Å²) in [4.78, 5) is 6.86. The van der Waals surface area contributed by atoms with Crippen molar-refractivity contribution in [2.45, 2.75) is 27.3 Å². The van der Waals surface area contributed by atoms with Crippen LogP contribution < -0.4 is 5.32 Å². The monoisotopic (exact) mass is 494 g/mol. The fourth-order valence-corrected chi connectivity index (χ4v) is 5.45. The number of hydrazone groups is 1. The van der Waals surface area contributed by atoms with Crippen LogP contribution in [0.5, 0.6) is 0 Å². The van der Waals surface area contributed by atoms with E-state index in [4.69, 9.17) is 10.1 Å². The van der Waals surface area contributed by atoms with Gasteiger partial charge in [0.2, 0.25) is 10.0 Å². The van der Waals surface area contributed by atoms with Crippen LogP contribution in [0, 0.1) is 12.8 Å². The average Bonchev–Trinajstić information content (AvgIpc) is 3.49. The zero-order chi connectivity index (χ0) is 24.9. The highest BCUT2D eigenvalue weighted by Gasteiger charge is 2.29. The zero-order valence-electron chi connectivity index (χ0n) is 20.6. The highest BCUT2D eigenvalue weighted by Crippen LogP contribution is 2.29. The van der Waals surface area contributed by atoms with Crippen LogP contribution in [-0.2, 0) is 16.6 Å². The number of aliphatic imine (C=N–C) groups is 1. The minimum absolute atomic E-state index is 0.0124. The number of rotatable bonds is 6. The van der Waals surface area contributed by atoms with E-state index in [2.05, 4.69) is 28.5 Å². The van der Waals surface area contributed by atoms with Crippen molar-refractivity contribution in [1.82, 2.24) is 24.1 Å². The lowest BCUT2D eigenvalue weighted by Gasteiger charge is -2.24. The Kier molecular flexibility index (Phi) is 5.76. The van der Waals surface area contributed by atoms with E-state index in [1.54, 1.807) is 13.1 Å². The van der Waals surface area contributed by atoms with Gasteiger partial charge in [0.05, 0.1) is 17.0 Å². The van der Waals surface area contributed by atoms with Gasteiger partial charge in [0.25, 0.3) is 0 Å². The maximum absolute atomic E-state index is 12.9. The van der Waals surface area contributed by atoms with Crippen molar-refractivity contribution in [2.75, 3.05) is 31.7 Å². The molecule has 11 heteroatoms. The Morgan fingerprint density at radius 2 is 2.06 bits per heavy atom. The molecule has 0 bridgehead atoms. The van der Waals surface area contributed by atoms with Gasteiger partial charge in [0, 0.05) is 42.0 Å². The van der Waals surface area contributed by atoms with Crippen LogP contribution in [0.3, 0.4) is 0 Å². The number of aromatic nitrogens is 3. The molecule has 2 N–H and O–H groups in total. The smallest absolute Gasteiger partial charge is 0.238 e. The summed E-state index contributed by atoms with van der Waals surface area (Å²) in [6.07, 6.45) is 3.87. The molecule has 2 aromatic heterocycles. The van der Waals surface area contributed by atoms with Crippen molar-refractivity contribution in [3.8, 4) is 0 Å². The van der Waals surface area contributed by atoms with E-state index in [1.165, 1.54) is 3.97 Å². The largest absolute Gasteiger partial charge is 0.322 e. The summed E-state index contributed by atoms with van der Waals surface area (Å²) in [6.45, 7) is 7.12. The molecule has 184 valence electrons. The molecule has 4 heterocycles. The lowest BCUT2D eigenvalue weighted by molar-refractivity contribution is 0.382. The molecule has 3 aromatic rings. The number of fused-ring (bicyclic) bond motifs is 2. The van der Waals surface area contributed by atoms with E-state index < -0.39 is 10.0 Å². The minimum atomic E-state index is -3.48. The molecule has 1 atom stereocenters. The number of H-pyrrole nitrogens is 1. The summed E-state index contributed by atoms with van der Waals surface area (Å²) < 4.78 is 27.2. The maximum Gasteiger partial charge on any atom is 0.238 e.